The van der Waals surface area contributed by atoms with E-state index in [1.165, 1.54) is 51.6 Å². The summed E-state index contributed by atoms with van der Waals surface area (Å²) < 4.78 is 0. The number of nitrogens with zero attached hydrogens (tertiary/aromatic N) is 2. The van der Waals surface area contributed by atoms with E-state index in [2.05, 4.69) is 30.7 Å². The smallest absolute Gasteiger partial charge is 0.127 e. The van der Waals surface area contributed by atoms with E-state index >= 15 is 0 Å². The molecule has 1 saturated carbocycles. The van der Waals surface area contributed by atoms with Gasteiger partial charge in [-0.3, -0.25) is 0 Å². The molecule has 20 heavy (non-hydrogen) atoms. The van der Waals surface area contributed by atoms with Crippen molar-refractivity contribution in [3.8, 4) is 0 Å². The van der Waals surface area contributed by atoms with Crippen LogP contribution in [-0.2, 0) is 4.79 Å². The summed E-state index contributed by atoms with van der Waals surface area (Å²) in [4.78, 5) is 16.7. The lowest BCUT2D eigenvalue weighted by Crippen LogP contribution is -2.48. The molecule has 0 aromatic carbocycles. The molecule has 2 aliphatic rings. The van der Waals surface area contributed by atoms with Crippen LogP contribution in [0.25, 0.3) is 0 Å². The van der Waals surface area contributed by atoms with Crippen molar-refractivity contribution < 1.29 is 4.79 Å². The number of likely N-dealkylation sites (tertiary alicyclic amines) is 1. The summed E-state index contributed by atoms with van der Waals surface area (Å²) >= 11 is 0. The topological polar surface area (TPSA) is 23.6 Å². The van der Waals surface area contributed by atoms with Crippen LogP contribution in [0.4, 0.5) is 0 Å². The first kappa shape index (κ1) is 16.0. The minimum Gasteiger partial charge on any atom is -0.303 e. The van der Waals surface area contributed by atoms with Gasteiger partial charge in [0.1, 0.15) is 6.29 Å². The van der Waals surface area contributed by atoms with Crippen molar-refractivity contribution in [2.24, 2.45) is 11.3 Å². The molecular formula is C17H32N2O. The lowest BCUT2D eigenvalue weighted by atomic mass is 9.71. The molecule has 0 aromatic heterocycles. The molecule has 2 rings (SSSR count). The van der Waals surface area contributed by atoms with E-state index in [9.17, 15) is 4.79 Å². The predicted molar refractivity (Wildman–Crippen MR) is 83.9 cm³/mol. The van der Waals surface area contributed by atoms with Gasteiger partial charge in [-0.1, -0.05) is 13.8 Å². The van der Waals surface area contributed by atoms with Crippen molar-refractivity contribution in [3.05, 3.63) is 0 Å². The molecule has 0 amide bonds. The van der Waals surface area contributed by atoms with Gasteiger partial charge < -0.3 is 14.6 Å². The third-order valence-corrected chi connectivity index (χ3v) is 5.71. The van der Waals surface area contributed by atoms with E-state index in [1.54, 1.807) is 0 Å². The summed E-state index contributed by atoms with van der Waals surface area (Å²) in [7, 11) is 2.23. The fraction of sp³-hybridized carbons (Fsp3) is 0.941. The SMILES string of the molecule is CCN1CCC(N(C)CC2(C=O)CCC(C)CC2)CC1. The van der Waals surface area contributed by atoms with Crippen molar-refractivity contribution in [2.45, 2.75) is 58.4 Å². The Morgan fingerprint density at radius 2 is 1.80 bits per heavy atom. The van der Waals surface area contributed by atoms with Crippen molar-refractivity contribution in [1.29, 1.82) is 0 Å². The highest BCUT2D eigenvalue weighted by atomic mass is 16.1. The van der Waals surface area contributed by atoms with Gasteiger partial charge in [-0.25, -0.2) is 0 Å². The van der Waals surface area contributed by atoms with Crippen LogP contribution < -0.4 is 0 Å². The largest absolute Gasteiger partial charge is 0.303 e. The number of aldehydes is 1. The van der Waals surface area contributed by atoms with E-state index < -0.39 is 0 Å². The molecule has 1 heterocycles. The van der Waals surface area contributed by atoms with Crippen LogP contribution in [0.2, 0.25) is 0 Å². The molecule has 0 bridgehead atoms. The Labute approximate surface area is 124 Å². The van der Waals surface area contributed by atoms with Gasteiger partial charge in [0.25, 0.3) is 0 Å². The summed E-state index contributed by atoms with van der Waals surface area (Å²) in [6, 6.07) is 0.675. The summed E-state index contributed by atoms with van der Waals surface area (Å²) in [5, 5.41) is 0. The van der Waals surface area contributed by atoms with E-state index in [0.717, 1.165) is 25.3 Å². The van der Waals surface area contributed by atoms with Gasteiger partial charge >= 0.3 is 0 Å². The number of rotatable bonds is 5. The third-order valence-electron chi connectivity index (χ3n) is 5.71. The Bertz CT molecular complexity index is 302. The number of carbonyl (C=O) groups excluding carboxylic acids is 1. The van der Waals surface area contributed by atoms with E-state index in [-0.39, 0.29) is 5.41 Å². The van der Waals surface area contributed by atoms with Crippen molar-refractivity contribution in [3.63, 3.8) is 0 Å². The van der Waals surface area contributed by atoms with Crippen LogP contribution in [0.1, 0.15) is 52.4 Å². The van der Waals surface area contributed by atoms with Gasteiger partial charge in [0.15, 0.2) is 0 Å². The maximum Gasteiger partial charge on any atom is 0.127 e. The minimum absolute atomic E-state index is 0.0524. The first-order valence-corrected chi connectivity index (χ1v) is 8.47. The summed E-state index contributed by atoms with van der Waals surface area (Å²) in [5.41, 5.74) is -0.0524. The zero-order valence-electron chi connectivity index (χ0n) is 13.6. The predicted octanol–water partition coefficient (Wildman–Crippen LogP) is 2.80. The molecule has 1 saturated heterocycles. The molecule has 0 atom stereocenters. The molecule has 2 fully saturated rings. The van der Waals surface area contributed by atoms with Gasteiger partial charge in [0, 0.05) is 18.0 Å². The average molecular weight is 280 g/mol. The molecule has 0 N–H and O–H groups in total. The fourth-order valence-corrected chi connectivity index (χ4v) is 3.95. The lowest BCUT2D eigenvalue weighted by Gasteiger charge is -2.42. The fourth-order valence-electron chi connectivity index (χ4n) is 3.95. The van der Waals surface area contributed by atoms with Gasteiger partial charge in [0.2, 0.25) is 0 Å². The monoisotopic (exact) mass is 280 g/mol. The van der Waals surface area contributed by atoms with Gasteiger partial charge in [-0.05, 0) is 71.1 Å². The van der Waals surface area contributed by atoms with E-state index in [4.69, 9.17) is 0 Å². The Morgan fingerprint density at radius 1 is 1.20 bits per heavy atom. The second kappa shape index (κ2) is 7.04. The first-order valence-electron chi connectivity index (χ1n) is 8.47. The van der Waals surface area contributed by atoms with Crippen molar-refractivity contribution in [2.75, 3.05) is 33.2 Å². The summed E-state index contributed by atoms with van der Waals surface area (Å²) in [6.07, 6.45) is 8.43. The molecule has 116 valence electrons. The minimum atomic E-state index is -0.0524. The van der Waals surface area contributed by atoms with Crippen LogP contribution in [0.5, 0.6) is 0 Å². The van der Waals surface area contributed by atoms with Gasteiger partial charge in [-0.15, -0.1) is 0 Å². The number of hydrogen-bond acceptors (Lipinski definition) is 3. The van der Waals surface area contributed by atoms with Crippen LogP contribution in [0.15, 0.2) is 0 Å². The van der Waals surface area contributed by atoms with Crippen molar-refractivity contribution in [1.82, 2.24) is 9.80 Å². The summed E-state index contributed by atoms with van der Waals surface area (Å²) in [6.45, 7) is 9.15. The van der Waals surface area contributed by atoms with Gasteiger partial charge in [-0.2, -0.15) is 0 Å². The standard InChI is InChI=1S/C17H32N2O/c1-4-19-11-7-16(8-12-19)18(3)13-17(14-20)9-5-15(2)6-10-17/h14-16H,4-13H2,1-3H3. The Balaban J connectivity index is 1.86. The van der Waals surface area contributed by atoms with E-state index in [0.29, 0.717) is 6.04 Å². The maximum absolute atomic E-state index is 11.7. The number of piperidine rings is 1. The Hall–Kier alpha value is -0.410. The maximum atomic E-state index is 11.7. The molecule has 0 spiro atoms. The number of carbonyl (C=O) groups is 1. The zero-order valence-corrected chi connectivity index (χ0v) is 13.6. The average Bonchev–Trinajstić information content (AvgIpc) is 2.50. The van der Waals surface area contributed by atoms with Crippen molar-refractivity contribution >= 4 is 6.29 Å². The molecule has 1 aliphatic heterocycles. The second-order valence-corrected chi connectivity index (χ2v) is 7.24. The van der Waals surface area contributed by atoms with Gasteiger partial charge in [0.05, 0.1) is 0 Å². The lowest BCUT2D eigenvalue weighted by molar-refractivity contribution is -0.120. The first-order chi connectivity index (χ1) is 9.58. The molecule has 3 heteroatoms. The molecule has 1 aliphatic carbocycles. The highest BCUT2D eigenvalue weighted by molar-refractivity contribution is 5.60. The summed E-state index contributed by atoms with van der Waals surface area (Å²) in [5.74, 6) is 0.807. The van der Waals surface area contributed by atoms with Crippen LogP contribution in [0, 0.1) is 11.3 Å². The normalized spacial score (nSPS) is 33.5. The van der Waals surface area contributed by atoms with Crippen LogP contribution in [-0.4, -0.2) is 55.4 Å². The molecular weight excluding hydrogens is 248 g/mol. The van der Waals surface area contributed by atoms with E-state index in [1.807, 2.05) is 0 Å². The highest BCUT2D eigenvalue weighted by Gasteiger charge is 2.36. The Kier molecular flexibility index (Phi) is 5.62. The molecule has 0 unspecified atom stereocenters. The molecule has 3 nitrogen and oxygen atoms in total. The van der Waals surface area contributed by atoms with Crippen LogP contribution >= 0.6 is 0 Å². The molecule has 0 radical (unpaired) electrons. The zero-order chi connectivity index (χ0) is 14.6. The Morgan fingerprint density at radius 3 is 2.30 bits per heavy atom. The van der Waals surface area contributed by atoms with Crippen LogP contribution in [0.3, 0.4) is 0 Å². The second-order valence-electron chi connectivity index (χ2n) is 7.24. The number of hydrogen-bond donors (Lipinski definition) is 0. The quantitative estimate of drug-likeness (QED) is 0.724. The third kappa shape index (κ3) is 3.82. The highest BCUT2D eigenvalue weighted by Crippen LogP contribution is 2.38. The molecule has 0 aromatic rings.